The summed E-state index contributed by atoms with van der Waals surface area (Å²) in [5, 5.41) is 17.9. The first-order valence-corrected chi connectivity index (χ1v) is 3.33. The van der Waals surface area contributed by atoms with Gasteiger partial charge in [-0.2, -0.15) is 0 Å². The van der Waals surface area contributed by atoms with Gasteiger partial charge in [-0.15, -0.1) is 11.6 Å². The zero-order valence-electron chi connectivity index (χ0n) is 4.83. The first kappa shape index (κ1) is 7.28. The molecule has 0 bridgehead atoms. The van der Waals surface area contributed by atoms with E-state index in [1.165, 1.54) is 0 Å². The Morgan fingerprint density at radius 2 is 2.22 bits per heavy atom. The fourth-order valence-corrected chi connectivity index (χ4v) is 1.07. The van der Waals surface area contributed by atoms with Gasteiger partial charge in [-0.25, -0.2) is 0 Å². The minimum Gasteiger partial charge on any atom is -0.388 e. The topological polar surface area (TPSA) is 49.7 Å². The highest BCUT2D eigenvalue weighted by atomic mass is 35.5. The van der Waals surface area contributed by atoms with Crippen molar-refractivity contribution in [2.75, 3.05) is 12.5 Å². The van der Waals surface area contributed by atoms with E-state index in [-0.39, 0.29) is 18.6 Å². The summed E-state index contributed by atoms with van der Waals surface area (Å²) < 4.78 is 4.89. The van der Waals surface area contributed by atoms with Gasteiger partial charge in [0.05, 0.1) is 18.6 Å². The summed E-state index contributed by atoms with van der Waals surface area (Å²) in [6.45, 7) is 0.193. The molecule has 1 saturated heterocycles. The fourth-order valence-electron chi connectivity index (χ4n) is 0.803. The van der Waals surface area contributed by atoms with Gasteiger partial charge in [0.15, 0.2) is 0 Å². The van der Waals surface area contributed by atoms with Gasteiger partial charge in [0.25, 0.3) is 0 Å². The van der Waals surface area contributed by atoms with E-state index in [0.29, 0.717) is 0 Å². The Bertz CT molecular complexity index is 98.2. The van der Waals surface area contributed by atoms with Gasteiger partial charge >= 0.3 is 0 Å². The molecule has 3 atom stereocenters. The third-order valence-corrected chi connectivity index (χ3v) is 1.71. The summed E-state index contributed by atoms with van der Waals surface area (Å²) in [6, 6.07) is 0. The third-order valence-electron chi connectivity index (χ3n) is 1.41. The summed E-state index contributed by atoms with van der Waals surface area (Å²) in [7, 11) is 0. The van der Waals surface area contributed by atoms with E-state index in [1.807, 2.05) is 0 Å². The van der Waals surface area contributed by atoms with Crippen LogP contribution in [0.5, 0.6) is 0 Å². The SMILES string of the molecule is OC1COC(CCl)C1O. The Labute approximate surface area is 58.2 Å². The Morgan fingerprint density at radius 3 is 2.44 bits per heavy atom. The van der Waals surface area contributed by atoms with Crippen molar-refractivity contribution >= 4 is 11.6 Å². The van der Waals surface area contributed by atoms with E-state index in [4.69, 9.17) is 26.6 Å². The Hall–Kier alpha value is 0.170. The summed E-state index contributed by atoms with van der Waals surface area (Å²) in [5.41, 5.74) is 0. The summed E-state index contributed by atoms with van der Waals surface area (Å²) >= 11 is 5.37. The molecular weight excluding hydrogens is 144 g/mol. The lowest BCUT2D eigenvalue weighted by Gasteiger charge is -2.09. The number of hydrogen-bond acceptors (Lipinski definition) is 3. The number of halogens is 1. The molecule has 3 unspecified atom stereocenters. The second-order valence-corrected chi connectivity index (χ2v) is 2.39. The molecule has 2 N–H and O–H groups in total. The molecule has 0 aromatic heterocycles. The minimum absolute atomic E-state index is 0.193. The monoisotopic (exact) mass is 152 g/mol. The molecule has 54 valence electrons. The standard InChI is InChI=1S/C5H9ClO3/c6-1-4-5(8)3(7)2-9-4/h3-5,7-8H,1-2H2. The summed E-state index contributed by atoms with van der Waals surface area (Å²) in [5.74, 6) is 0.234. The van der Waals surface area contributed by atoms with Gasteiger partial charge in [0.2, 0.25) is 0 Å². The highest BCUT2D eigenvalue weighted by Gasteiger charge is 2.33. The third kappa shape index (κ3) is 1.35. The zero-order valence-corrected chi connectivity index (χ0v) is 5.58. The van der Waals surface area contributed by atoms with Gasteiger partial charge in [-0.3, -0.25) is 0 Å². The minimum atomic E-state index is -0.803. The zero-order chi connectivity index (χ0) is 6.85. The first-order chi connectivity index (χ1) is 4.25. The van der Waals surface area contributed by atoms with Crippen LogP contribution in [0.4, 0.5) is 0 Å². The molecule has 9 heavy (non-hydrogen) atoms. The largest absolute Gasteiger partial charge is 0.388 e. The molecule has 4 heteroatoms. The molecule has 0 radical (unpaired) electrons. The van der Waals surface area contributed by atoms with Crippen LogP contribution in [-0.4, -0.2) is 41.0 Å². The number of aliphatic hydroxyl groups is 2. The normalized spacial score (nSPS) is 43.7. The van der Waals surface area contributed by atoms with Crippen molar-refractivity contribution in [3.05, 3.63) is 0 Å². The average molecular weight is 153 g/mol. The molecule has 1 aliphatic heterocycles. The summed E-state index contributed by atoms with van der Waals surface area (Å²) in [4.78, 5) is 0. The molecule has 0 aromatic carbocycles. The lowest BCUT2D eigenvalue weighted by Crippen LogP contribution is -2.30. The molecule has 0 saturated carbocycles. The molecule has 1 heterocycles. The van der Waals surface area contributed by atoms with Gasteiger partial charge in [0.1, 0.15) is 12.2 Å². The number of rotatable bonds is 1. The lowest BCUT2D eigenvalue weighted by molar-refractivity contribution is 0.0332. The van der Waals surface area contributed by atoms with Crippen LogP contribution < -0.4 is 0 Å². The lowest BCUT2D eigenvalue weighted by atomic mass is 10.2. The van der Waals surface area contributed by atoms with Crippen LogP contribution in [-0.2, 0) is 4.74 Å². The number of hydrogen-bond donors (Lipinski definition) is 2. The molecule has 0 amide bonds. The van der Waals surface area contributed by atoms with E-state index in [1.54, 1.807) is 0 Å². The molecule has 1 fully saturated rings. The highest BCUT2D eigenvalue weighted by Crippen LogP contribution is 2.14. The van der Waals surface area contributed by atoms with E-state index >= 15 is 0 Å². The smallest absolute Gasteiger partial charge is 0.109 e. The predicted molar refractivity (Wildman–Crippen MR) is 32.5 cm³/mol. The average Bonchev–Trinajstić information content (AvgIpc) is 2.15. The van der Waals surface area contributed by atoms with Crippen molar-refractivity contribution in [2.24, 2.45) is 0 Å². The molecule has 0 aromatic rings. The molecule has 0 spiro atoms. The highest BCUT2D eigenvalue weighted by molar-refractivity contribution is 6.18. The van der Waals surface area contributed by atoms with Crippen LogP contribution in [0.25, 0.3) is 0 Å². The van der Waals surface area contributed by atoms with E-state index in [9.17, 15) is 0 Å². The molecule has 1 rings (SSSR count). The van der Waals surface area contributed by atoms with Crippen LogP contribution in [0, 0.1) is 0 Å². The van der Waals surface area contributed by atoms with Gasteiger partial charge in [0, 0.05) is 0 Å². The van der Waals surface area contributed by atoms with Crippen molar-refractivity contribution in [3.63, 3.8) is 0 Å². The Balaban J connectivity index is 2.41. The van der Waals surface area contributed by atoms with Crippen molar-refractivity contribution in [2.45, 2.75) is 18.3 Å². The van der Waals surface area contributed by atoms with Crippen molar-refractivity contribution in [1.82, 2.24) is 0 Å². The van der Waals surface area contributed by atoms with E-state index in [2.05, 4.69) is 0 Å². The summed E-state index contributed by atoms with van der Waals surface area (Å²) in [6.07, 6.45) is -1.95. The van der Waals surface area contributed by atoms with Crippen LogP contribution in [0.2, 0.25) is 0 Å². The second-order valence-electron chi connectivity index (χ2n) is 2.08. The first-order valence-electron chi connectivity index (χ1n) is 2.79. The van der Waals surface area contributed by atoms with Gasteiger partial charge < -0.3 is 14.9 Å². The number of aliphatic hydroxyl groups excluding tert-OH is 2. The van der Waals surface area contributed by atoms with Gasteiger partial charge in [-0.05, 0) is 0 Å². The fraction of sp³-hybridized carbons (Fsp3) is 1.00. The van der Waals surface area contributed by atoms with E-state index in [0.717, 1.165) is 0 Å². The number of ether oxygens (including phenoxy) is 1. The van der Waals surface area contributed by atoms with Crippen LogP contribution >= 0.6 is 11.6 Å². The van der Waals surface area contributed by atoms with Crippen molar-refractivity contribution < 1.29 is 14.9 Å². The Morgan fingerprint density at radius 1 is 1.56 bits per heavy atom. The predicted octanol–water partition coefficient (Wildman–Crippen LogP) is -0.654. The van der Waals surface area contributed by atoms with Crippen LogP contribution in [0.1, 0.15) is 0 Å². The molecule has 0 aliphatic carbocycles. The maximum absolute atomic E-state index is 9.00. The van der Waals surface area contributed by atoms with Crippen LogP contribution in [0.3, 0.4) is 0 Å². The molecule has 3 nitrogen and oxygen atoms in total. The maximum Gasteiger partial charge on any atom is 0.109 e. The van der Waals surface area contributed by atoms with E-state index < -0.39 is 12.2 Å². The second kappa shape index (κ2) is 2.84. The molecular formula is C5H9ClO3. The van der Waals surface area contributed by atoms with Crippen molar-refractivity contribution in [3.8, 4) is 0 Å². The number of alkyl halides is 1. The maximum atomic E-state index is 9.00. The van der Waals surface area contributed by atoms with Crippen molar-refractivity contribution in [1.29, 1.82) is 0 Å². The molecule has 1 aliphatic rings. The van der Waals surface area contributed by atoms with Crippen LogP contribution in [0.15, 0.2) is 0 Å². The quantitative estimate of drug-likeness (QED) is 0.491. The Kier molecular flexibility index (Phi) is 2.29. The van der Waals surface area contributed by atoms with Gasteiger partial charge in [-0.1, -0.05) is 0 Å².